The maximum absolute atomic E-state index is 8.80. The first kappa shape index (κ1) is 11.5. The Morgan fingerprint density at radius 2 is 1.84 bits per heavy atom. The summed E-state index contributed by atoms with van der Waals surface area (Å²) < 4.78 is 0. The second-order valence-electron chi connectivity index (χ2n) is 4.31. The minimum Gasteiger partial charge on any atom is -0.341 e. The summed E-state index contributed by atoms with van der Waals surface area (Å²) in [4.78, 5) is 7.56. The topological polar surface area (TPSA) is 78.5 Å². The maximum Gasteiger partial charge on any atom is 0.121 e. The molecule has 3 rings (SSSR count). The molecule has 0 spiro atoms. The fourth-order valence-electron chi connectivity index (χ4n) is 2.08. The lowest BCUT2D eigenvalue weighted by Crippen LogP contribution is -1.97. The van der Waals surface area contributed by atoms with Crippen molar-refractivity contribution in [3.63, 3.8) is 0 Å². The average molecular weight is 248 g/mol. The van der Waals surface area contributed by atoms with Gasteiger partial charge in [-0.15, -0.1) is 0 Å². The fourth-order valence-corrected chi connectivity index (χ4v) is 2.08. The third-order valence-corrected chi connectivity index (χ3v) is 3.07. The number of benzene rings is 2. The molecule has 1 heterocycles. The molecule has 4 heteroatoms. The minimum atomic E-state index is 0.404. The highest BCUT2D eigenvalue weighted by Gasteiger charge is 2.04. The normalized spacial score (nSPS) is 10.5. The molecule has 0 saturated heterocycles. The summed E-state index contributed by atoms with van der Waals surface area (Å²) >= 11 is 0. The molecule has 0 bridgehead atoms. The van der Waals surface area contributed by atoms with E-state index in [1.165, 1.54) is 0 Å². The standard InChI is InChI=1S/C15H12N4/c16-8-10-1-3-11(4-2-10)12-5-6-13-14(7-12)19-15(9-17)18-13/h1-7H,9,17H2,(H,18,19). The molecule has 0 amide bonds. The van der Waals surface area contributed by atoms with Crippen molar-refractivity contribution in [1.29, 1.82) is 5.26 Å². The van der Waals surface area contributed by atoms with Gasteiger partial charge in [-0.05, 0) is 35.4 Å². The summed E-state index contributed by atoms with van der Waals surface area (Å²) in [6.45, 7) is 0.404. The Morgan fingerprint density at radius 1 is 1.11 bits per heavy atom. The van der Waals surface area contributed by atoms with Crippen LogP contribution in [-0.4, -0.2) is 9.97 Å². The van der Waals surface area contributed by atoms with E-state index in [0.29, 0.717) is 12.1 Å². The van der Waals surface area contributed by atoms with Crippen molar-refractivity contribution in [3.05, 3.63) is 53.9 Å². The average Bonchev–Trinajstić information content (AvgIpc) is 2.89. The molecule has 1 aromatic heterocycles. The van der Waals surface area contributed by atoms with Gasteiger partial charge in [-0.1, -0.05) is 18.2 Å². The zero-order valence-electron chi connectivity index (χ0n) is 10.2. The van der Waals surface area contributed by atoms with Gasteiger partial charge in [-0.3, -0.25) is 0 Å². The Balaban J connectivity index is 2.06. The van der Waals surface area contributed by atoms with Crippen molar-refractivity contribution < 1.29 is 0 Å². The van der Waals surface area contributed by atoms with Crippen molar-refractivity contribution in [2.75, 3.05) is 0 Å². The second-order valence-corrected chi connectivity index (χ2v) is 4.31. The number of rotatable bonds is 2. The molecular formula is C15H12N4. The lowest BCUT2D eigenvalue weighted by atomic mass is 10.0. The van der Waals surface area contributed by atoms with Crippen LogP contribution in [0.4, 0.5) is 0 Å². The molecule has 0 aliphatic heterocycles. The molecule has 0 saturated carbocycles. The van der Waals surface area contributed by atoms with Gasteiger partial charge in [0, 0.05) is 0 Å². The van der Waals surface area contributed by atoms with Crippen LogP contribution in [0.3, 0.4) is 0 Å². The van der Waals surface area contributed by atoms with E-state index < -0.39 is 0 Å². The Hall–Kier alpha value is -2.64. The number of nitrogens with one attached hydrogen (secondary N) is 1. The first-order valence-electron chi connectivity index (χ1n) is 5.99. The third kappa shape index (κ3) is 2.07. The van der Waals surface area contributed by atoms with Crippen molar-refractivity contribution in [2.45, 2.75) is 6.54 Å². The predicted octanol–water partition coefficient (Wildman–Crippen LogP) is 2.56. The highest BCUT2D eigenvalue weighted by Crippen LogP contribution is 2.23. The first-order valence-corrected chi connectivity index (χ1v) is 5.99. The van der Waals surface area contributed by atoms with E-state index in [1.54, 1.807) is 0 Å². The summed E-state index contributed by atoms with van der Waals surface area (Å²) in [5.41, 5.74) is 10.3. The Morgan fingerprint density at radius 3 is 2.53 bits per heavy atom. The summed E-state index contributed by atoms with van der Waals surface area (Å²) in [7, 11) is 0. The van der Waals surface area contributed by atoms with Gasteiger partial charge in [0.05, 0.1) is 29.2 Å². The van der Waals surface area contributed by atoms with Gasteiger partial charge in [0.15, 0.2) is 0 Å². The number of hydrogen-bond acceptors (Lipinski definition) is 3. The maximum atomic E-state index is 8.80. The number of nitrogens with two attached hydrogens (primary N) is 1. The van der Waals surface area contributed by atoms with Crippen LogP contribution in [0.15, 0.2) is 42.5 Å². The quantitative estimate of drug-likeness (QED) is 0.731. The number of nitriles is 1. The molecule has 19 heavy (non-hydrogen) atoms. The molecule has 92 valence electrons. The SMILES string of the molecule is N#Cc1ccc(-c2ccc3nc(CN)[nH]c3c2)cc1. The number of aromatic nitrogens is 2. The van der Waals surface area contributed by atoms with Crippen molar-refractivity contribution >= 4 is 11.0 Å². The van der Waals surface area contributed by atoms with Gasteiger partial charge in [-0.25, -0.2) is 4.98 Å². The number of nitrogens with zero attached hydrogens (tertiary/aromatic N) is 2. The van der Waals surface area contributed by atoms with Crippen LogP contribution < -0.4 is 5.73 Å². The molecule has 2 aromatic carbocycles. The van der Waals surface area contributed by atoms with Crippen LogP contribution in [0.2, 0.25) is 0 Å². The van der Waals surface area contributed by atoms with Crippen molar-refractivity contribution in [2.24, 2.45) is 5.73 Å². The van der Waals surface area contributed by atoms with Crippen molar-refractivity contribution in [3.8, 4) is 17.2 Å². The number of hydrogen-bond donors (Lipinski definition) is 2. The molecule has 0 radical (unpaired) electrons. The Bertz CT molecular complexity index is 763. The Labute approximate surface area is 110 Å². The molecule has 0 atom stereocenters. The molecule has 0 unspecified atom stereocenters. The number of imidazole rings is 1. The second kappa shape index (κ2) is 4.56. The van der Waals surface area contributed by atoms with Crippen LogP contribution in [0.1, 0.15) is 11.4 Å². The van der Waals surface area contributed by atoms with Gasteiger partial charge in [0.1, 0.15) is 5.82 Å². The van der Waals surface area contributed by atoms with Gasteiger partial charge < -0.3 is 10.7 Å². The summed E-state index contributed by atoms with van der Waals surface area (Å²) in [6.07, 6.45) is 0. The van der Waals surface area contributed by atoms with Gasteiger partial charge in [0.25, 0.3) is 0 Å². The molecular weight excluding hydrogens is 236 g/mol. The molecule has 0 aliphatic carbocycles. The van der Waals surface area contributed by atoms with E-state index >= 15 is 0 Å². The van der Waals surface area contributed by atoms with Crippen molar-refractivity contribution in [1.82, 2.24) is 9.97 Å². The molecule has 0 aliphatic rings. The first-order chi connectivity index (χ1) is 9.30. The van der Waals surface area contributed by atoms with E-state index in [4.69, 9.17) is 11.0 Å². The van der Waals surface area contributed by atoms with Crippen LogP contribution in [-0.2, 0) is 6.54 Å². The Kier molecular flexibility index (Phi) is 2.75. The van der Waals surface area contributed by atoms with Gasteiger partial charge in [-0.2, -0.15) is 5.26 Å². The van der Waals surface area contributed by atoms with E-state index in [9.17, 15) is 0 Å². The van der Waals surface area contributed by atoms with E-state index in [1.807, 2.05) is 42.5 Å². The van der Waals surface area contributed by atoms with Crippen LogP contribution in [0.25, 0.3) is 22.2 Å². The van der Waals surface area contributed by atoms with E-state index in [0.717, 1.165) is 28.0 Å². The summed E-state index contributed by atoms with van der Waals surface area (Å²) in [5, 5.41) is 8.80. The number of aromatic amines is 1. The van der Waals surface area contributed by atoms with Gasteiger partial charge in [0.2, 0.25) is 0 Å². The highest BCUT2D eigenvalue weighted by atomic mass is 14.9. The molecule has 4 nitrogen and oxygen atoms in total. The lowest BCUT2D eigenvalue weighted by molar-refractivity contribution is 0.958. The minimum absolute atomic E-state index is 0.404. The van der Waals surface area contributed by atoms with E-state index in [2.05, 4.69) is 16.0 Å². The third-order valence-electron chi connectivity index (χ3n) is 3.07. The summed E-state index contributed by atoms with van der Waals surface area (Å²) in [6, 6.07) is 15.7. The lowest BCUT2D eigenvalue weighted by Gasteiger charge is -2.01. The van der Waals surface area contributed by atoms with E-state index in [-0.39, 0.29) is 0 Å². The number of H-pyrrole nitrogens is 1. The molecule has 0 fully saturated rings. The van der Waals surface area contributed by atoms with Gasteiger partial charge >= 0.3 is 0 Å². The monoisotopic (exact) mass is 248 g/mol. The smallest absolute Gasteiger partial charge is 0.121 e. The zero-order chi connectivity index (χ0) is 13.2. The fraction of sp³-hybridized carbons (Fsp3) is 0.0667. The summed E-state index contributed by atoms with van der Waals surface area (Å²) in [5.74, 6) is 0.784. The highest BCUT2D eigenvalue weighted by molar-refractivity contribution is 5.82. The van der Waals surface area contributed by atoms with Crippen LogP contribution in [0.5, 0.6) is 0 Å². The van der Waals surface area contributed by atoms with Crippen LogP contribution >= 0.6 is 0 Å². The number of fused-ring (bicyclic) bond motifs is 1. The molecule has 3 N–H and O–H groups in total. The largest absolute Gasteiger partial charge is 0.341 e. The predicted molar refractivity (Wildman–Crippen MR) is 74.1 cm³/mol. The molecule has 3 aromatic rings. The zero-order valence-corrected chi connectivity index (χ0v) is 10.2. The van der Waals surface area contributed by atoms with Crippen LogP contribution in [0, 0.1) is 11.3 Å².